The highest BCUT2D eigenvalue weighted by molar-refractivity contribution is 7.99. The first-order valence-electron chi connectivity index (χ1n) is 9.76. The molecule has 0 fully saturated rings. The van der Waals surface area contributed by atoms with Crippen LogP contribution >= 0.6 is 11.8 Å². The number of rotatable bonds is 5. The molecule has 0 bridgehead atoms. The van der Waals surface area contributed by atoms with Crippen LogP contribution in [0.25, 0.3) is 27.9 Å². The topological polar surface area (TPSA) is 59.7 Å². The molecule has 0 saturated carbocycles. The maximum atomic E-state index is 10.9. The van der Waals surface area contributed by atoms with Crippen molar-refractivity contribution in [3.8, 4) is 33.9 Å². The van der Waals surface area contributed by atoms with E-state index in [0.29, 0.717) is 17.0 Å². The fourth-order valence-electron chi connectivity index (χ4n) is 3.44. The lowest BCUT2D eigenvalue weighted by atomic mass is 10.1. The molecule has 5 aromatic rings. The van der Waals surface area contributed by atoms with Crippen molar-refractivity contribution >= 4 is 17.4 Å². The molecule has 152 valence electrons. The maximum Gasteiger partial charge on any atom is 0.223 e. The van der Waals surface area contributed by atoms with Crippen molar-refractivity contribution in [2.75, 3.05) is 7.11 Å². The normalized spacial score (nSPS) is 11.0. The number of fused-ring (bicyclic) bond motifs is 1. The Hall–Kier alpha value is -3.77. The first kappa shape index (κ1) is 19.2. The van der Waals surface area contributed by atoms with Gasteiger partial charge in [-0.2, -0.15) is 9.61 Å². The summed E-state index contributed by atoms with van der Waals surface area (Å²) >= 11 is 1.72. The van der Waals surface area contributed by atoms with Crippen molar-refractivity contribution in [2.45, 2.75) is 9.79 Å². The highest BCUT2D eigenvalue weighted by atomic mass is 32.2. The lowest BCUT2D eigenvalue weighted by Gasteiger charge is -2.08. The van der Waals surface area contributed by atoms with Crippen LogP contribution in [0.3, 0.4) is 0 Å². The molecule has 0 aliphatic heterocycles. The van der Waals surface area contributed by atoms with Crippen LogP contribution in [-0.4, -0.2) is 26.8 Å². The number of benzene rings is 3. The maximum absolute atomic E-state index is 10.9. The van der Waals surface area contributed by atoms with Crippen LogP contribution in [0.15, 0.2) is 101 Å². The molecule has 0 spiro atoms. The van der Waals surface area contributed by atoms with E-state index in [2.05, 4.69) is 46.5 Å². The van der Waals surface area contributed by atoms with Gasteiger partial charge in [-0.3, -0.25) is 0 Å². The van der Waals surface area contributed by atoms with Crippen molar-refractivity contribution in [1.82, 2.24) is 14.6 Å². The van der Waals surface area contributed by atoms with Gasteiger partial charge < -0.3 is 9.84 Å². The van der Waals surface area contributed by atoms with Crippen molar-refractivity contribution < 1.29 is 9.84 Å². The first-order chi connectivity index (χ1) is 15.2. The molecule has 0 radical (unpaired) electrons. The number of aromatic nitrogens is 3. The minimum absolute atomic E-state index is 0.0424. The molecule has 5 nitrogen and oxygen atoms in total. The summed E-state index contributed by atoms with van der Waals surface area (Å²) in [5.74, 6) is 0.757. The molecular formula is C25H19N3O2S. The van der Waals surface area contributed by atoms with E-state index in [9.17, 15) is 5.11 Å². The Kier molecular flexibility index (Phi) is 5.06. The molecule has 6 heteroatoms. The predicted molar refractivity (Wildman–Crippen MR) is 123 cm³/mol. The number of ether oxygens (including phenoxy) is 1. The van der Waals surface area contributed by atoms with Crippen LogP contribution in [0.4, 0.5) is 0 Å². The van der Waals surface area contributed by atoms with Gasteiger partial charge in [0.1, 0.15) is 5.75 Å². The van der Waals surface area contributed by atoms with Gasteiger partial charge in [-0.15, -0.1) is 0 Å². The zero-order valence-corrected chi connectivity index (χ0v) is 17.6. The minimum Gasteiger partial charge on any atom is -0.497 e. The molecule has 0 aliphatic rings. The third-order valence-corrected chi connectivity index (χ3v) is 6.04. The lowest BCUT2D eigenvalue weighted by molar-refractivity contribution is 0.415. The second kappa shape index (κ2) is 8.16. The Balaban J connectivity index is 1.48. The van der Waals surface area contributed by atoms with Crippen molar-refractivity contribution in [2.24, 2.45) is 0 Å². The number of hydrogen-bond donors (Lipinski definition) is 1. The van der Waals surface area contributed by atoms with Gasteiger partial charge >= 0.3 is 0 Å². The summed E-state index contributed by atoms with van der Waals surface area (Å²) in [6, 6.07) is 26.0. The molecule has 1 N–H and O–H groups in total. The molecule has 0 saturated heterocycles. The minimum atomic E-state index is 0.0424. The number of hydrogen-bond acceptors (Lipinski definition) is 5. The van der Waals surface area contributed by atoms with E-state index in [1.807, 2.05) is 42.5 Å². The Labute approximate surface area is 184 Å². The molecule has 31 heavy (non-hydrogen) atoms. The van der Waals surface area contributed by atoms with E-state index in [-0.39, 0.29) is 5.88 Å². The molecule has 0 atom stereocenters. The average Bonchev–Trinajstić information content (AvgIpc) is 3.26. The van der Waals surface area contributed by atoms with E-state index < -0.39 is 0 Å². The smallest absolute Gasteiger partial charge is 0.223 e. The summed E-state index contributed by atoms with van der Waals surface area (Å²) in [4.78, 5) is 6.95. The van der Waals surface area contributed by atoms with E-state index in [1.165, 1.54) is 9.41 Å². The Morgan fingerprint density at radius 1 is 0.806 bits per heavy atom. The van der Waals surface area contributed by atoms with Crippen LogP contribution in [0.5, 0.6) is 11.6 Å². The molecule has 3 aromatic carbocycles. The van der Waals surface area contributed by atoms with Gasteiger partial charge in [-0.25, -0.2) is 4.98 Å². The predicted octanol–water partition coefficient (Wildman–Crippen LogP) is 5.93. The Morgan fingerprint density at radius 3 is 2.35 bits per heavy atom. The number of aromatic hydroxyl groups is 1. The van der Waals surface area contributed by atoms with Gasteiger partial charge in [0.15, 0.2) is 5.65 Å². The summed E-state index contributed by atoms with van der Waals surface area (Å²) in [5.41, 5.74) is 3.87. The third-order valence-electron chi connectivity index (χ3n) is 5.03. The van der Waals surface area contributed by atoms with E-state index in [1.54, 1.807) is 31.3 Å². The number of nitrogens with zero attached hydrogens (tertiary/aromatic N) is 3. The van der Waals surface area contributed by atoms with Crippen molar-refractivity contribution in [3.05, 3.63) is 91.3 Å². The van der Waals surface area contributed by atoms with Gasteiger partial charge in [0.25, 0.3) is 0 Å². The average molecular weight is 426 g/mol. The van der Waals surface area contributed by atoms with Gasteiger partial charge in [-0.1, -0.05) is 54.2 Å². The quantitative estimate of drug-likeness (QED) is 0.378. The zero-order chi connectivity index (χ0) is 21.2. The van der Waals surface area contributed by atoms with E-state index in [4.69, 9.17) is 4.74 Å². The van der Waals surface area contributed by atoms with E-state index >= 15 is 0 Å². The molecule has 5 rings (SSSR count). The summed E-state index contributed by atoms with van der Waals surface area (Å²) in [6.07, 6.45) is 3.40. The molecule has 2 heterocycles. The fraction of sp³-hybridized carbons (Fsp3) is 0.0400. The summed E-state index contributed by atoms with van der Waals surface area (Å²) in [7, 11) is 1.61. The van der Waals surface area contributed by atoms with Crippen LogP contribution in [0.1, 0.15) is 0 Å². The SMILES string of the molecule is COc1cccc(-c2cnc3c(-c4ccc(Sc5ccccc5)cc4)cnn3c2O)c1. The molecule has 0 amide bonds. The van der Waals surface area contributed by atoms with Crippen LogP contribution in [0.2, 0.25) is 0 Å². The monoisotopic (exact) mass is 425 g/mol. The largest absolute Gasteiger partial charge is 0.497 e. The first-order valence-corrected chi connectivity index (χ1v) is 10.6. The second-order valence-electron chi connectivity index (χ2n) is 6.96. The van der Waals surface area contributed by atoms with Gasteiger partial charge in [0.05, 0.1) is 18.9 Å². The van der Waals surface area contributed by atoms with Crippen LogP contribution in [0, 0.1) is 0 Å². The van der Waals surface area contributed by atoms with Gasteiger partial charge in [0.2, 0.25) is 5.88 Å². The number of methoxy groups -OCH3 is 1. The van der Waals surface area contributed by atoms with Crippen LogP contribution < -0.4 is 4.74 Å². The molecule has 2 aromatic heterocycles. The highest BCUT2D eigenvalue weighted by Gasteiger charge is 2.15. The summed E-state index contributed by atoms with van der Waals surface area (Å²) in [5, 5.41) is 15.2. The van der Waals surface area contributed by atoms with Crippen molar-refractivity contribution in [1.29, 1.82) is 0 Å². The third kappa shape index (κ3) is 3.73. The standard InChI is InChI=1S/C25H19N3O2S/c1-30-19-7-5-6-18(14-19)23-15-26-24-22(16-27-28(24)25(23)29)17-10-12-21(13-11-17)31-20-8-3-2-4-9-20/h2-16,29H,1H3. The summed E-state index contributed by atoms with van der Waals surface area (Å²) < 4.78 is 6.76. The molecule has 0 aliphatic carbocycles. The van der Waals surface area contributed by atoms with Crippen molar-refractivity contribution in [3.63, 3.8) is 0 Å². The lowest BCUT2D eigenvalue weighted by Crippen LogP contribution is -1.95. The second-order valence-corrected chi connectivity index (χ2v) is 8.11. The van der Waals surface area contributed by atoms with Crippen LogP contribution in [-0.2, 0) is 0 Å². The zero-order valence-electron chi connectivity index (χ0n) is 16.8. The van der Waals surface area contributed by atoms with Gasteiger partial charge in [0, 0.05) is 21.6 Å². The molecule has 0 unspecified atom stereocenters. The molecular weight excluding hydrogens is 406 g/mol. The highest BCUT2D eigenvalue weighted by Crippen LogP contribution is 2.34. The van der Waals surface area contributed by atoms with E-state index in [0.717, 1.165) is 21.6 Å². The summed E-state index contributed by atoms with van der Waals surface area (Å²) in [6.45, 7) is 0. The Morgan fingerprint density at radius 2 is 1.58 bits per heavy atom. The van der Waals surface area contributed by atoms with Gasteiger partial charge in [-0.05, 0) is 47.5 Å². The Bertz CT molecular complexity index is 1350. The fourth-order valence-corrected chi connectivity index (χ4v) is 4.28.